The number of nitrogens with zero attached hydrogens (tertiary/aromatic N) is 3. The number of aryl methyl sites for hydroxylation is 1. The lowest BCUT2D eigenvalue weighted by Gasteiger charge is -2.16. The lowest BCUT2D eigenvalue weighted by Crippen LogP contribution is -2.24. The van der Waals surface area contributed by atoms with Crippen LogP contribution in [0.25, 0.3) is 11.0 Å². The zero-order valence-corrected chi connectivity index (χ0v) is 18.6. The van der Waals surface area contributed by atoms with Crippen LogP contribution in [-0.4, -0.2) is 33.5 Å². The van der Waals surface area contributed by atoms with Gasteiger partial charge in [-0.25, -0.2) is 4.98 Å². The van der Waals surface area contributed by atoms with E-state index in [1.807, 2.05) is 37.5 Å². The van der Waals surface area contributed by atoms with Crippen molar-refractivity contribution in [2.24, 2.45) is 7.05 Å². The minimum Gasteiger partial charge on any atom is -0.371 e. The maximum Gasteiger partial charge on any atom is 0.268 e. The molecule has 0 unspecified atom stereocenters. The Kier molecular flexibility index (Phi) is 5.49. The zero-order valence-electron chi connectivity index (χ0n) is 17.9. The quantitative estimate of drug-likeness (QED) is 0.395. The molecule has 3 heterocycles. The third-order valence-electron chi connectivity index (χ3n) is 5.85. The number of benzene rings is 2. The number of carbonyl (C=O) groups is 1. The predicted octanol–water partition coefficient (Wildman–Crippen LogP) is 4.83. The number of carbonyl (C=O) groups excluding carboxylic acids is 1. The number of rotatable bonds is 6. The first-order valence-corrected chi connectivity index (χ1v) is 11.1. The Morgan fingerprint density at radius 2 is 2.00 bits per heavy atom. The fraction of sp³-hybridized carbons (Fsp3) is 0.250. The van der Waals surface area contributed by atoms with Crippen LogP contribution >= 0.6 is 11.6 Å². The van der Waals surface area contributed by atoms with Gasteiger partial charge in [0.15, 0.2) is 0 Å². The number of hydrogen-bond donors (Lipinski definition) is 3. The number of imidazole rings is 1. The van der Waals surface area contributed by atoms with Crippen molar-refractivity contribution in [1.29, 1.82) is 0 Å². The largest absolute Gasteiger partial charge is 0.371 e. The van der Waals surface area contributed by atoms with Gasteiger partial charge in [0.1, 0.15) is 5.69 Å². The summed E-state index contributed by atoms with van der Waals surface area (Å²) in [4.78, 5) is 22.8. The summed E-state index contributed by atoms with van der Waals surface area (Å²) in [7, 11) is 1.85. The maximum atomic E-state index is 12.4. The fourth-order valence-electron chi connectivity index (χ4n) is 4.10. The average Bonchev–Trinajstić information content (AvgIpc) is 3.54. The molecule has 8 heteroatoms. The fourth-order valence-corrected chi connectivity index (χ4v) is 4.27. The smallest absolute Gasteiger partial charge is 0.268 e. The van der Waals surface area contributed by atoms with Gasteiger partial charge >= 0.3 is 0 Å². The highest BCUT2D eigenvalue weighted by Gasteiger charge is 2.14. The molecule has 0 atom stereocenters. The summed E-state index contributed by atoms with van der Waals surface area (Å²) in [5.74, 6) is 0.513. The van der Waals surface area contributed by atoms with E-state index in [9.17, 15) is 4.79 Å². The van der Waals surface area contributed by atoms with Crippen molar-refractivity contribution in [2.45, 2.75) is 19.4 Å². The maximum absolute atomic E-state index is 12.4. The number of halogens is 1. The number of aromatic amines is 1. The minimum absolute atomic E-state index is 0.118. The molecule has 1 saturated heterocycles. The zero-order chi connectivity index (χ0) is 22.1. The highest BCUT2D eigenvalue weighted by Crippen LogP contribution is 2.28. The van der Waals surface area contributed by atoms with Crippen molar-refractivity contribution in [1.82, 2.24) is 19.9 Å². The molecule has 0 radical (unpaired) electrons. The molecular formula is C24H25ClN6O. The molecule has 5 rings (SSSR count). The van der Waals surface area contributed by atoms with Crippen LogP contribution in [0.4, 0.5) is 17.3 Å². The van der Waals surface area contributed by atoms with Crippen LogP contribution < -0.4 is 15.5 Å². The molecule has 4 aromatic rings. The molecule has 1 fully saturated rings. The molecular weight excluding hydrogens is 424 g/mol. The van der Waals surface area contributed by atoms with Crippen LogP contribution in [0.15, 0.2) is 54.7 Å². The number of anilines is 3. The molecule has 1 aliphatic rings. The van der Waals surface area contributed by atoms with Gasteiger partial charge in [0, 0.05) is 38.6 Å². The third kappa shape index (κ3) is 4.16. The lowest BCUT2D eigenvalue weighted by molar-refractivity contribution is 0.0943. The van der Waals surface area contributed by atoms with Gasteiger partial charge in [0.05, 0.1) is 21.7 Å². The molecule has 32 heavy (non-hydrogen) atoms. The minimum atomic E-state index is -0.118. The first-order chi connectivity index (χ1) is 15.6. The highest BCUT2D eigenvalue weighted by atomic mass is 35.5. The summed E-state index contributed by atoms with van der Waals surface area (Å²) in [6.07, 6.45) is 4.33. The van der Waals surface area contributed by atoms with Crippen LogP contribution in [-0.2, 0) is 13.6 Å². The summed E-state index contributed by atoms with van der Waals surface area (Å²) >= 11 is 6.42. The van der Waals surface area contributed by atoms with E-state index in [2.05, 4.69) is 38.7 Å². The number of H-pyrrole nitrogens is 1. The Morgan fingerprint density at radius 3 is 2.78 bits per heavy atom. The summed E-state index contributed by atoms with van der Waals surface area (Å²) in [5, 5.41) is 6.82. The van der Waals surface area contributed by atoms with Crippen LogP contribution in [0.5, 0.6) is 0 Å². The molecule has 1 aliphatic heterocycles. The highest BCUT2D eigenvalue weighted by molar-refractivity contribution is 6.33. The van der Waals surface area contributed by atoms with Gasteiger partial charge in [-0.3, -0.25) is 4.79 Å². The molecule has 2 aromatic heterocycles. The van der Waals surface area contributed by atoms with Gasteiger partial charge in [-0.1, -0.05) is 17.7 Å². The van der Waals surface area contributed by atoms with Crippen LogP contribution in [0.1, 0.15) is 28.9 Å². The van der Waals surface area contributed by atoms with Crippen LogP contribution in [0, 0.1) is 0 Å². The van der Waals surface area contributed by atoms with Crippen molar-refractivity contribution in [3.63, 3.8) is 0 Å². The van der Waals surface area contributed by atoms with Gasteiger partial charge in [0.25, 0.3) is 5.91 Å². The molecule has 164 valence electrons. The molecule has 0 bridgehead atoms. The SMILES string of the molecule is Cn1cccc1C(=O)NCc1ccc(Cl)c(Nc2nc3cc(N4CCCC4)ccc3[nH]2)c1. The predicted molar refractivity (Wildman–Crippen MR) is 129 cm³/mol. The number of amides is 1. The van der Waals surface area contributed by atoms with E-state index in [0.29, 0.717) is 23.2 Å². The van der Waals surface area contributed by atoms with Crippen molar-refractivity contribution in [3.8, 4) is 0 Å². The van der Waals surface area contributed by atoms with Crippen molar-refractivity contribution >= 4 is 45.9 Å². The van der Waals surface area contributed by atoms with Crippen molar-refractivity contribution < 1.29 is 4.79 Å². The van der Waals surface area contributed by atoms with E-state index in [0.717, 1.165) is 35.4 Å². The summed E-state index contributed by atoms with van der Waals surface area (Å²) < 4.78 is 1.79. The monoisotopic (exact) mass is 448 g/mol. The molecule has 0 aliphatic carbocycles. The Balaban J connectivity index is 1.31. The first-order valence-electron chi connectivity index (χ1n) is 10.8. The van der Waals surface area contributed by atoms with Gasteiger partial charge < -0.3 is 25.1 Å². The van der Waals surface area contributed by atoms with Crippen LogP contribution in [0.3, 0.4) is 0 Å². The number of fused-ring (bicyclic) bond motifs is 1. The molecule has 2 aromatic carbocycles. The molecule has 0 saturated carbocycles. The average molecular weight is 449 g/mol. The van der Waals surface area contributed by atoms with Crippen molar-refractivity contribution in [3.05, 3.63) is 71.0 Å². The molecule has 0 spiro atoms. The number of aromatic nitrogens is 3. The van der Waals surface area contributed by atoms with Crippen LogP contribution in [0.2, 0.25) is 5.02 Å². The van der Waals surface area contributed by atoms with Gasteiger partial charge in [0.2, 0.25) is 5.95 Å². The Bertz CT molecular complexity index is 1270. The first kappa shape index (κ1) is 20.5. The topological polar surface area (TPSA) is 78.0 Å². The molecule has 1 amide bonds. The summed E-state index contributed by atoms with van der Waals surface area (Å²) in [6, 6.07) is 15.6. The van der Waals surface area contributed by atoms with Gasteiger partial charge in [-0.2, -0.15) is 0 Å². The van der Waals surface area contributed by atoms with E-state index >= 15 is 0 Å². The van der Waals surface area contributed by atoms with E-state index in [1.165, 1.54) is 18.5 Å². The van der Waals surface area contributed by atoms with Gasteiger partial charge in [-0.15, -0.1) is 0 Å². The second kappa shape index (κ2) is 8.59. The molecule has 7 nitrogen and oxygen atoms in total. The van der Waals surface area contributed by atoms with E-state index in [-0.39, 0.29) is 5.91 Å². The van der Waals surface area contributed by atoms with E-state index in [4.69, 9.17) is 16.6 Å². The molecule has 3 N–H and O–H groups in total. The summed E-state index contributed by atoms with van der Waals surface area (Å²) in [6.45, 7) is 2.60. The van der Waals surface area contributed by atoms with Crippen molar-refractivity contribution in [2.75, 3.05) is 23.3 Å². The van der Waals surface area contributed by atoms with E-state index < -0.39 is 0 Å². The second-order valence-corrected chi connectivity index (χ2v) is 8.51. The number of nitrogens with one attached hydrogen (secondary N) is 3. The Hall–Kier alpha value is -3.45. The second-order valence-electron chi connectivity index (χ2n) is 8.11. The normalized spacial score (nSPS) is 13.6. The third-order valence-corrected chi connectivity index (χ3v) is 6.18. The number of hydrogen-bond acceptors (Lipinski definition) is 4. The van der Waals surface area contributed by atoms with Gasteiger partial charge in [-0.05, 0) is 60.9 Å². The Labute approximate surface area is 191 Å². The van der Waals surface area contributed by atoms with E-state index in [1.54, 1.807) is 10.6 Å². The standard InChI is InChI=1S/C24H25ClN6O/c1-30-10-4-5-22(30)23(32)26-15-16-6-8-18(25)20(13-16)28-24-27-19-9-7-17(14-21(19)29-24)31-11-2-3-12-31/h4-10,13-14H,2-3,11-12,15H2,1H3,(H,26,32)(H2,27,28,29). The lowest BCUT2D eigenvalue weighted by atomic mass is 10.2. The summed E-state index contributed by atoms with van der Waals surface area (Å²) in [5.41, 5.74) is 5.38. The Morgan fingerprint density at radius 1 is 1.16 bits per heavy atom.